The number of hydrogen-bond donors (Lipinski definition) is 2. The topological polar surface area (TPSA) is 56.5 Å². The number of nitrogens with two attached hydrogens (primary N) is 1. The highest BCUT2D eigenvalue weighted by molar-refractivity contribution is 5.39. The van der Waals surface area contributed by atoms with E-state index in [9.17, 15) is 0 Å². The number of hydrazine groups is 1. The Morgan fingerprint density at radius 1 is 1.36 bits per heavy atom. The van der Waals surface area contributed by atoms with Gasteiger partial charge in [0.1, 0.15) is 6.61 Å². The fourth-order valence-corrected chi connectivity index (χ4v) is 1.00. The van der Waals surface area contributed by atoms with Crippen molar-refractivity contribution in [3.8, 4) is 11.5 Å². The Labute approximate surface area is 84.0 Å². The van der Waals surface area contributed by atoms with Crippen LogP contribution in [0.3, 0.4) is 0 Å². The number of rotatable bonds is 5. The Morgan fingerprint density at radius 2 is 2.00 bits per heavy atom. The van der Waals surface area contributed by atoms with Crippen LogP contribution in [-0.2, 0) is 0 Å². The summed E-state index contributed by atoms with van der Waals surface area (Å²) in [6, 6.07) is 7.63. The van der Waals surface area contributed by atoms with Crippen LogP contribution < -0.4 is 20.7 Å². The van der Waals surface area contributed by atoms with E-state index in [1.54, 1.807) is 7.11 Å². The molecule has 4 heteroatoms. The molecule has 0 aromatic heterocycles. The molecular weight excluding hydrogens is 180 g/mol. The average Bonchev–Trinajstić information content (AvgIpc) is 2.26. The van der Waals surface area contributed by atoms with E-state index < -0.39 is 0 Å². The molecule has 0 aliphatic rings. The summed E-state index contributed by atoms with van der Waals surface area (Å²) >= 11 is 0. The summed E-state index contributed by atoms with van der Waals surface area (Å²) in [6.45, 7) is 2.45. The molecule has 1 unspecified atom stereocenters. The van der Waals surface area contributed by atoms with Gasteiger partial charge in [-0.25, -0.2) is 0 Å². The second-order valence-corrected chi connectivity index (χ2v) is 3.03. The second kappa shape index (κ2) is 5.47. The van der Waals surface area contributed by atoms with E-state index in [1.807, 2.05) is 31.2 Å². The normalized spacial score (nSPS) is 12.2. The molecule has 4 nitrogen and oxygen atoms in total. The molecule has 0 aliphatic carbocycles. The molecule has 0 spiro atoms. The van der Waals surface area contributed by atoms with Gasteiger partial charge in [0.2, 0.25) is 0 Å². The van der Waals surface area contributed by atoms with Gasteiger partial charge in [0.05, 0.1) is 13.2 Å². The van der Waals surface area contributed by atoms with Crippen LogP contribution in [0.25, 0.3) is 0 Å². The molecule has 0 aliphatic heterocycles. The third-order valence-electron chi connectivity index (χ3n) is 1.84. The van der Waals surface area contributed by atoms with Crippen molar-refractivity contribution in [1.29, 1.82) is 0 Å². The highest BCUT2D eigenvalue weighted by atomic mass is 16.5. The van der Waals surface area contributed by atoms with Gasteiger partial charge in [0, 0.05) is 0 Å². The number of para-hydroxylation sites is 2. The quantitative estimate of drug-likeness (QED) is 0.543. The van der Waals surface area contributed by atoms with Crippen LogP contribution in [0.1, 0.15) is 6.92 Å². The molecule has 1 aromatic rings. The summed E-state index contributed by atoms with van der Waals surface area (Å²) in [5.41, 5.74) is 2.61. The smallest absolute Gasteiger partial charge is 0.161 e. The number of ether oxygens (including phenoxy) is 2. The minimum Gasteiger partial charge on any atom is -0.493 e. The lowest BCUT2D eigenvalue weighted by molar-refractivity contribution is 0.260. The molecule has 1 atom stereocenters. The van der Waals surface area contributed by atoms with Crippen LogP contribution in [0.15, 0.2) is 24.3 Å². The van der Waals surface area contributed by atoms with Crippen molar-refractivity contribution in [3.63, 3.8) is 0 Å². The maximum absolute atomic E-state index is 5.51. The van der Waals surface area contributed by atoms with Crippen molar-refractivity contribution in [2.75, 3.05) is 13.7 Å². The summed E-state index contributed by atoms with van der Waals surface area (Å²) in [6.07, 6.45) is 0. The van der Waals surface area contributed by atoms with Crippen LogP contribution >= 0.6 is 0 Å². The highest BCUT2D eigenvalue weighted by Crippen LogP contribution is 2.25. The summed E-state index contributed by atoms with van der Waals surface area (Å²) in [7, 11) is 1.62. The lowest BCUT2D eigenvalue weighted by Gasteiger charge is -2.13. The zero-order valence-electron chi connectivity index (χ0n) is 8.49. The molecule has 78 valence electrons. The number of methoxy groups -OCH3 is 1. The van der Waals surface area contributed by atoms with Crippen molar-refractivity contribution in [3.05, 3.63) is 24.3 Å². The van der Waals surface area contributed by atoms with Crippen molar-refractivity contribution in [2.45, 2.75) is 13.0 Å². The van der Waals surface area contributed by atoms with E-state index in [0.717, 1.165) is 11.5 Å². The molecule has 3 N–H and O–H groups in total. The number of benzene rings is 1. The average molecular weight is 196 g/mol. The van der Waals surface area contributed by atoms with Gasteiger partial charge >= 0.3 is 0 Å². The van der Waals surface area contributed by atoms with E-state index >= 15 is 0 Å². The molecule has 0 saturated carbocycles. The maximum atomic E-state index is 5.51. The second-order valence-electron chi connectivity index (χ2n) is 3.03. The van der Waals surface area contributed by atoms with Crippen LogP contribution in [-0.4, -0.2) is 19.8 Å². The van der Waals surface area contributed by atoms with Gasteiger partial charge in [0.15, 0.2) is 11.5 Å². The summed E-state index contributed by atoms with van der Waals surface area (Å²) < 4.78 is 10.6. The van der Waals surface area contributed by atoms with Crippen molar-refractivity contribution in [2.24, 2.45) is 5.84 Å². The lowest BCUT2D eigenvalue weighted by atomic mass is 10.3. The third kappa shape index (κ3) is 2.90. The Kier molecular flexibility index (Phi) is 4.22. The van der Waals surface area contributed by atoms with Crippen LogP contribution in [0.2, 0.25) is 0 Å². The minimum atomic E-state index is 0.111. The Hall–Kier alpha value is -1.26. The predicted octanol–water partition coefficient (Wildman–Crippen LogP) is 0.926. The molecule has 1 aromatic carbocycles. The zero-order chi connectivity index (χ0) is 10.4. The predicted molar refractivity (Wildman–Crippen MR) is 55.3 cm³/mol. The zero-order valence-corrected chi connectivity index (χ0v) is 8.49. The van der Waals surface area contributed by atoms with Crippen molar-refractivity contribution < 1.29 is 9.47 Å². The van der Waals surface area contributed by atoms with Crippen LogP contribution in [0, 0.1) is 0 Å². The first kappa shape index (κ1) is 10.8. The van der Waals surface area contributed by atoms with E-state index in [-0.39, 0.29) is 6.04 Å². The Bertz CT molecular complexity index is 279. The van der Waals surface area contributed by atoms with Gasteiger partial charge in [-0.2, -0.15) is 0 Å². The summed E-state index contributed by atoms with van der Waals surface area (Å²) in [4.78, 5) is 0. The van der Waals surface area contributed by atoms with Gasteiger partial charge in [-0.15, -0.1) is 0 Å². The molecule has 0 fully saturated rings. The molecule has 0 bridgehead atoms. The fraction of sp³-hybridized carbons (Fsp3) is 0.400. The molecule has 0 heterocycles. The molecule has 0 radical (unpaired) electrons. The minimum absolute atomic E-state index is 0.111. The molecule has 1 rings (SSSR count). The highest BCUT2D eigenvalue weighted by Gasteiger charge is 2.04. The Morgan fingerprint density at radius 3 is 2.57 bits per heavy atom. The largest absolute Gasteiger partial charge is 0.493 e. The number of hydrogen-bond acceptors (Lipinski definition) is 4. The molecule has 14 heavy (non-hydrogen) atoms. The van der Waals surface area contributed by atoms with E-state index in [0.29, 0.717) is 6.61 Å². The number of nitrogens with one attached hydrogen (secondary N) is 1. The van der Waals surface area contributed by atoms with Gasteiger partial charge in [-0.3, -0.25) is 11.3 Å². The first-order valence-electron chi connectivity index (χ1n) is 4.50. The van der Waals surface area contributed by atoms with Gasteiger partial charge in [0.25, 0.3) is 0 Å². The van der Waals surface area contributed by atoms with E-state index in [4.69, 9.17) is 15.3 Å². The van der Waals surface area contributed by atoms with E-state index in [2.05, 4.69) is 5.43 Å². The maximum Gasteiger partial charge on any atom is 0.161 e. The van der Waals surface area contributed by atoms with Crippen LogP contribution in [0.4, 0.5) is 0 Å². The standard InChI is InChI=1S/C10H16N2O2/c1-8(12-11)7-14-10-6-4-3-5-9(10)13-2/h3-6,8,12H,7,11H2,1-2H3. The summed E-state index contributed by atoms with van der Waals surface area (Å²) in [5.74, 6) is 6.71. The first-order valence-corrected chi connectivity index (χ1v) is 4.50. The van der Waals surface area contributed by atoms with Crippen molar-refractivity contribution >= 4 is 0 Å². The molecule has 0 saturated heterocycles. The van der Waals surface area contributed by atoms with Gasteiger partial charge in [-0.05, 0) is 19.1 Å². The molecular formula is C10H16N2O2. The van der Waals surface area contributed by atoms with Gasteiger partial charge in [-0.1, -0.05) is 12.1 Å². The lowest BCUT2D eigenvalue weighted by Crippen LogP contribution is -2.36. The monoisotopic (exact) mass is 196 g/mol. The van der Waals surface area contributed by atoms with Gasteiger partial charge < -0.3 is 9.47 Å². The molecule has 0 amide bonds. The first-order chi connectivity index (χ1) is 6.77. The third-order valence-corrected chi connectivity index (χ3v) is 1.84. The fourth-order valence-electron chi connectivity index (χ4n) is 1.00. The van der Waals surface area contributed by atoms with Crippen LogP contribution in [0.5, 0.6) is 11.5 Å². The summed E-state index contributed by atoms with van der Waals surface area (Å²) in [5, 5.41) is 0. The van der Waals surface area contributed by atoms with E-state index in [1.165, 1.54) is 0 Å². The Balaban J connectivity index is 2.57. The SMILES string of the molecule is COc1ccccc1OCC(C)NN. The van der Waals surface area contributed by atoms with Crippen molar-refractivity contribution in [1.82, 2.24) is 5.43 Å².